The number of nitrogens with one attached hydrogen (secondary N) is 1. The highest BCUT2D eigenvalue weighted by Gasteiger charge is 2.28. The molecule has 6 nitrogen and oxygen atoms in total. The van der Waals surface area contributed by atoms with E-state index in [0.29, 0.717) is 12.2 Å². The van der Waals surface area contributed by atoms with Crippen LogP contribution in [0.15, 0.2) is 71.6 Å². The van der Waals surface area contributed by atoms with E-state index < -0.39 is 10.0 Å². The zero-order chi connectivity index (χ0) is 25.7. The number of hydrogen-bond donors (Lipinski definition) is 1. The van der Waals surface area contributed by atoms with Crippen LogP contribution >= 0.6 is 0 Å². The fraction of sp³-hybridized carbons (Fsp3) is 0.345. The summed E-state index contributed by atoms with van der Waals surface area (Å²) in [5.41, 5.74) is 5.53. The molecular formula is C29H35N3O3S. The highest BCUT2D eigenvalue weighted by atomic mass is 32.2. The predicted molar refractivity (Wildman–Crippen MR) is 144 cm³/mol. The number of benzene rings is 3. The minimum atomic E-state index is -3.94. The van der Waals surface area contributed by atoms with Gasteiger partial charge in [0, 0.05) is 13.1 Å². The summed E-state index contributed by atoms with van der Waals surface area (Å²) in [6.45, 7) is 8.95. The predicted octanol–water partition coefficient (Wildman–Crippen LogP) is 4.72. The fourth-order valence-electron chi connectivity index (χ4n) is 4.65. The van der Waals surface area contributed by atoms with E-state index in [9.17, 15) is 13.2 Å². The Bertz CT molecular complexity index is 1310. The second kappa shape index (κ2) is 11.3. The zero-order valence-corrected chi connectivity index (χ0v) is 22.1. The van der Waals surface area contributed by atoms with Gasteiger partial charge in [0.1, 0.15) is 6.54 Å². The highest BCUT2D eigenvalue weighted by molar-refractivity contribution is 7.92. The molecule has 1 aliphatic heterocycles. The molecule has 3 aromatic rings. The quantitative estimate of drug-likeness (QED) is 0.457. The van der Waals surface area contributed by atoms with Crippen LogP contribution in [-0.2, 0) is 27.9 Å². The molecule has 36 heavy (non-hydrogen) atoms. The first-order valence-corrected chi connectivity index (χ1v) is 13.9. The van der Waals surface area contributed by atoms with Crippen LogP contribution in [0.1, 0.15) is 40.7 Å². The number of amides is 1. The molecule has 7 heteroatoms. The average molecular weight is 506 g/mol. The lowest BCUT2D eigenvalue weighted by atomic mass is 10.1. The second-order valence-corrected chi connectivity index (χ2v) is 11.6. The van der Waals surface area contributed by atoms with Crippen molar-refractivity contribution in [1.82, 2.24) is 10.2 Å². The zero-order valence-electron chi connectivity index (χ0n) is 21.3. The van der Waals surface area contributed by atoms with Gasteiger partial charge < -0.3 is 5.32 Å². The number of carbonyl (C=O) groups excluding carboxylic acids is 1. The van der Waals surface area contributed by atoms with Gasteiger partial charge in [0.2, 0.25) is 5.91 Å². The number of aryl methyl sites for hydroxylation is 3. The molecule has 1 heterocycles. The summed E-state index contributed by atoms with van der Waals surface area (Å²) in [7, 11) is -3.94. The first-order valence-electron chi connectivity index (χ1n) is 12.5. The van der Waals surface area contributed by atoms with E-state index in [1.165, 1.54) is 22.7 Å². The number of hydrogen-bond acceptors (Lipinski definition) is 4. The maximum atomic E-state index is 13.6. The Kier molecular flexibility index (Phi) is 8.11. The number of anilines is 1. The number of sulfonamides is 1. The Morgan fingerprint density at radius 1 is 0.889 bits per heavy atom. The summed E-state index contributed by atoms with van der Waals surface area (Å²) in [5.74, 6) is -0.351. The summed E-state index contributed by atoms with van der Waals surface area (Å²) in [5, 5.41) is 2.92. The number of likely N-dealkylation sites (tertiary alicyclic amines) is 1. The molecule has 0 spiro atoms. The fourth-order valence-corrected chi connectivity index (χ4v) is 6.13. The van der Waals surface area contributed by atoms with Crippen molar-refractivity contribution in [2.24, 2.45) is 0 Å². The molecule has 1 N–H and O–H groups in total. The van der Waals surface area contributed by atoms with E-state index in [0.717, 1.165) is 41.9 Å². The Balaban J connectivity index is 1.51. The molecule has 1 aliphatic rings. The monoisotopic (exact) mass is 505 g/mol. The summed E-state index contributed by atoms with van der Waals surface area (Å²) in [4.78, 5) is 15.7. The van der Waals surface area contributed by atoms with Crippen LogP contribution in [0.4, 0.5) is 5.69 Å². The molecule has 0 aromatic heterocycles. The highest BCUT2D eigenvalue weighted by Crippen LogP contribution is 2.27. The number of nitrogens with zero attached hydrogens (tertiary/aromatic N) is 2. The molecule has 0 radical (unpaired) electrons. The molecule has 190 valence electrons. The lowest BCUT2D eigenvalue weighted by Crippen LogP contribution is -2.41. The molecule has 0 aliphatic carbocycles. The van der Waals surface area contributed by atoms with Gasteiger partial charge in [-0.3, -0.25) is 14.0 Å². The van der Waals surface area contributed by atoms with E-state index in [4.69, 9.17) is 0 Å². The molecule has 1 amide bonds. The van der Waals surface area contributed by atoms with Crippen molar-refractivity contribution in [3.05, 3.63) is 94.5 Å². The average Bonchev–Trinajstić information content (AvgIpc) is 3.35. The lowest BCUT2D eigenvalue weighted by Gasteiger charge is -2.26. The van der Waals surface area contributed by atoms with Gasteiger partial charge in [-0.05, 0) is 81.6 Å². The van der Waals surface area contributed by atoms with Gasteiger partial charge >= 0.3 is 0 Å². The van der Waals surface area contributed by atoms with E-state index in [2.05, 4.69) is 22.3 Å². The van der Waals surface area contributed by atoms with Crippen LogP contribution in [-0.4, -0.2) is 38.9 Å². The van der Waals surface area contributed by atoms with E-state index >= 15 is 0 Å². The van der Waals surface area contributed by atoms with E-state index in [1.54, 1.807) is 30.3 Å². The minimum Gasteiger partial charge on any atom is -0.350 e. The minimum absolute atomic E-state index is 0.162. The summed E-state index contributed by atoms with van der Waals surface area (Å²) in [6.07, 6.45) is 2.50. The topological polar surface area (TPSA) is 69.7 Å². The van der Waals surface area contributed by atoms with Crippen molar-refractivity contribution < 1.29 is 13.2 Å². The van der Waals surface area contributed by atoms with Gasteiger partial charge in [0.15, 0.2) is 0 Å². The molecule has 4 rings (SSSR count). The molecule has 0 unspecified atom stereocenters. The Hall–Kier alpha value is -3.16. The summed E-state index contributed by atoms with van der Waals surface area (Å²) in [6, 6.07) is 20.5. The SMILES string of the molecule is Cc1ccc(S(=O)(=O)N(CC(=O)NCc2cccc(CN3CCCC3)c2)c2ccc(C)cc2C)cc1. The molecule has 1 fully saturated rings. The van der Waals surface area contributed by atoms with Gasteiger partial charge in [-0.1, -0.05) is 59.7 Å². The molecule has 0 bridgehead atoms. The van der Waals surface area contributed by atoms with Crippen molar-refractivity contribution in [3.8, 4) is 0 Å². The summed E-state index contributed by atoms with van der Waals surface area (Å²) >= 11 is 0. The van der Waals surface area contributed by atoms with Crippen LogP contribution in [0.25, 0.3) is 0 Å². The van der Waals surface area contributed by atoms with Crippen LogP contribution in [0.2, 0.25) is 0 Å². The Morgan fingerprint density at radius 2 is 1.56 bits per heavy atom. The van der Waals surface area contributed by atoms with Gasteiger partial charge in [0.25, 0.3) is 10.0 Å². The Labute approximate surface area is 215 Å². The van der Waals surface area contributed by atoms with Crippen LogP contribution in [0.3, 0.4) is 0 Å². The van der Waals surface area contributed by atoms with Gasteiger partial charge in [-0.25, -0.2) is 8.42 Å². The molecule has 0 saturated carbocycles. The normalized spacial score (nSPS) is 14.1. The third-order valence-corrected chi connectivity index (χ3v) is 8.38. The van der Waals surface area contributed by atoms with E-state index in [-0.39, 0.29) is 17.3 Å². The second-order valence-electron chi connectivity index (χ2n) is 9.69. The molecule has 1 saturated heterocycles. The van der Waals surface area contributed by atoms with Crippen molar-refractivity contribution in [1.29, 1.82) is 0 Å². The van der Waals surface area contributed by atoms with Crippen molar-refractivity contribution in [2.75, 3.05) is 23.9 Å². The molecule has 0 atom stereocenters. The van der Waals surface area contributed by atoms with Gasteiger partial charge in [0.05, 0.1) is 10.6 Å². The Morgan fingerprint density at radius 3 is 2.25 bits per heavy atom. The molecular weight excluding hydrogens is 470 g/mol. The molecule has 3 aromatic carbocycles. The van der Waals surface area contributed by atoms with Crippen molar-refractivity contribution in [3.63, 3.8) is 0 Å². The largest absolute Gasteiger partial charge is 0.350 e. The third kappa shape index (κ3) is 6.33. The van der Waals surface area contributed by atoms with Crippen molar-refractivity contribution in [2.45, 2.75) is 51.6 Å². The van der Waals surface area contributed by atoms with Crippen LogP contribution < -0.4 is 9.62 Å². The number of carbonyl (C=O) groups is 1. The first-order chi connectivity index (χ1) is 17.2. The first kappa shape index (κ1) is 25.9. The van der Waals surface area contributed by atoms with Crippen molar-refractivity contribution >= 4 is 21.6 Å². The maximum absolute atomic E-state index is 13.6. The van der Waals surface area contributed by atoms with Crippen LogP contribution in [0.5, 0.6) is 0 Å². The number of rotatable bonds is 9. The maximum Gasteiger partial charge on any atom is 0.264 e. The van der Waals surface area contributed by atoms with E-state index in [1.807, 2.05) is 45.0 Å². The van der Waals surface area contributed by atoms with Gasteiger partial charge in [-0.15, -0.1) is 0 Å². The third-order valence-electron chi connectivity index (χ3n) is 6.60. The summed E-state index contributed by atoms with van der Waals surface area (Å²) < 4.78 is 28.5. The standard InChI is InChI=1S/C29H35N3O3S/c1-22-9-12-27(13-10-22)36(34,35)32(28-14-11-23(2)17-24(28)3)21-29(33)30-19-25-7-6-8-26(18-25)20-31-15-4-5-16-31/h6-14,17-18H,4-5,15-16,19-21H2,1-3H3,(H,30,33). The van der Waals surface area contributed by atoms with Crippen LogP contribution in [0, 0.1) is 20.8 Å². The lowest BCUT2D eigenvalue weighted by molar-refractivity contribution is -0.119. The van der Waals surface area contributed by atoms with Gasteiger partial charge in [-0.2, -0.15) is 0 Å². The smallest absolute Gasteiger partial charge is 0.264 e.